The first-order valence-electron chi connectivity index (χ1n) is 11.9. The highest BCUT2D eigenvalue weighted by Gasteiger charge is 2.60. The van der Waals surface area contributed by atoms with E-state index in [4.69, 9.17) is 14.2 Å². The number of esters is 2. The summed E-state index contributed by atoms with van der Waals surface area (Å²) in [5.41, 5.74) is -3.95. The number of hydrogen-bond donors (Lipinski definition) is 0. The Morgan fingerprint density at radius 2 is 1.41 bits per heavy atom. The second kappa shape index (κ2) is 11.6. The zero-order chi connectivity index (χ0) is 27.4. The summed E-state index contributed by atoms with van der Waals surface area (Å²) in [4.78, 5) is 22.3. The van der Waals surface area contributed by atoms with Crippen LogP contribution in [0.5, 0.6) is 5.75 Å². The molecule has 2 aliphatic rings. The van der Waals surface area contributed by atoms with Crippen molar-refractivity contribution < 1.29 is 50.1 Å². The van der Waals surface area contributed by atoms with Gasteiger partial charge >= 0.3 is 24.3 Å². The quantitative estimate of drug-likeness (QED) is 0.131. The van der Waals surface area contributed by atoms with E-state index in [0.29, 0.717) is 25.7 Å². The van der Waals surface area contributed by atoms with Crippen molar-refractivity contribution >= 4 is 11.9 Å². The third-order valence-electron chi connectivity index (χ3n) is 6.70. The molecule has 0 amide bonds. The number of hydrogen-bond acceptors (Lipinski definition) is 5. The number of benzene rings is 1. The minimum Gasteiger partial charge on any atom is -0.493 e. The Kier molecular flexibility index (Phi) is 8.96. The molecule has 0 bridgehead atoms. The lowest BCUT2D eigenvalue weighted by Gasteiger charge is -2.25. The van der Waals surface area contributed by atoms with Crippen molar-refractivity contribution in [3.63, 3.8) is 0 Å². The second-order valence-corrected chi connectivity index (χ2v) is 9.13. The molecule has 3 rings (SSSR count). The minimum atomic E-state index is -5.28. The summed E-state index contributed by atoms with van der Waals surface area (Å²) in [6.07, 6.45) is -6.59. The Labute approximate surface area is 210 Å². The van der Waals surface area contributed by atoms with Crippen LogP contribution in [0.4, 0.5) is 26.3 Å². The fourth-order valence-electron chi connectivity index (χ4n) is 5.01. The molecule has 0 spiro atoms. The predicted octanol–water partition coefficient (Wildman–Crippen LogP) is 6.61. The number of unbranched alkanes of at least 4 members (excludes halogenated alkanes) is 3. The maximum Gasteiger partial charge on any atom is 0.420 e. The molecule has 0 heterocycles. The largest absolute Gasteiger partial charge is 0.493 e. The van der Waals surface area contributed by atoms with Gasteiger partial charge in [0.2, 0.25) is 0 Å². The summed E-state index contributed by atoms with van der Waals surface area (Å²) in [6.45, 7) is 6.52. The summed E-state index contributed by atoms with van der Waals surface area (Å²) in [6, 6.07) is 2.03. The highest BCUT2D eigenvalue weighted by molar-refractivity contribution is 5.81. The molecule has 0 radical (unpaired) electrons. The van der Waals surface area contributed by atoms with Gasteiger partial charge in [0.05, 0.1) is 18.8 Å². The monoisotopic (exact) mass is 534 g/mol. The lowest BCUT2D eigenvalue weighted by molar-refractivity contribution is -0.163. The van der Waals surface area contributed by atoms with Crippen LogP contribution in [0.2, 0.25) is 0 Å². The van der Waals surface area contributed by atoms with Crippen molar-refractivity contribution in [1.82, 2.24) is 0 Å². The van der Waals surface area contributed by atoms with Crippen molar-refractivity contribution in [3.8, 4) is 5.75 Å². The summed E-state index contributed by atoms with van der Waals surface area (Å²) < 4.78 is 99.1. The predicted molar refractivity (Wildman–Crippen MR) is 121 cm³/mol. The lowest BCUT2D eigenvalue weighted by atomic mass is 9.86. The molecule has 204 valence electrons. The third-order valence-corrected chi connectivity index (χ3v) is 6.70. The van der Waals surface area contributed by atoms with Crippen LogP contribution >= 0.6 is 0 Å². The molecule has 37 heavy (non-hydrogen) atoms. The Hall–Kier alpha value is -2.98. The average molecular weight is 534 g/mol. The second-order valence-electron chi connectivity index (χ2n) is 9.13. The Morgan fingerprint density at radius 1 is 0.838 bits per heavy atom. The van der Waals surface area contributed by atoms with Crippen LogP contribution in [0.15, 0.2) is 37.4 Å². The number of carbonyl (C=O) groups excluding carboxylic acids is 2. The van der Waals surface area contributed by atoms with E-state index < -0.39 is 58.8 Å². The van der Waals surface area contributed by atoms with E-state index in [1.807, 2.05) is 0 Å². The summed E-state index contributed by atoms with van der Waals surface area (Å²) in [5, 5.41) is 0. The van der Waals surface area contributed by atoms with E-state index in [1.165, 1.54) is 0 Å². The highest BCUT2D eigenvalue weighted by atomic mass is 19.4. The van der Waals surface area contributed by atoms with E-state index in [9.17, 15) is 35.9 Å². The summed E-state index contributed by atoms with van der Waals surface area (Å²) >= 11 is 0. The number of fused-ring (bicyclic) bond motifs is 1. The van der Waals surface area contributed by atoms with E-state index in [2.05, 4.69) is 13.2 Å². The molecule has 0 aromatic heterocycles. The van der Waals surface area contributed by atoms with Crippen LogP contribution in [0.3, 0.4) is 0 Å². The Morgan fingerprint density at radius 3 is 1.95 bits per heavy atom. The number of ether oxygens (including phenoxy) is 3. The van der Waals surface area contributed by atoms with Gasteiger partial charge in [0, 0.05) is 24.0 Å². The van der Waals surface area contributed by atoms with Crippen molar-refractivity contribution in [2.75, 3.05) is 13.2 Å². The average Bonchev–Trinajstić information content (AvgIpc) is 3.24. The molecule has 11 heteroatoms. The van der Waals surface area contributed by atoms with Gasteiger partial charge in [0.25, 0.3) is 0 Å². The Balaban J connectivity index is 1.68. The van der Waals surface area contributed by atoms with E-state index in [0.717, 1.165) is 24.3 Å². The fraction of sp³-hybridized carbons (Fsp3) is 0.538. The van der Waals surface area contributed by atoms with Gasteiger partial charge in [-0.1, -0.05) is 19.2 Å². The number of rotatable bonds is 12. The Bertz CT molecular complexity index is 1000. The van der Waals surface area contributed by atoms with Gasteiger partial charge in [-0.05, 0) is 56.1 Å². The first-order chi connectivity index (χ1) is 17.4. The number of alkyl halides is 6. The van der Waals surface area contributed by atoms with Gasteiger partial charge < -0.3 is 14.2 Å². The number of halogens is 6. The SMILES string of the molecule is C=CC(=O)OCCCCCCOc1ccc(C2CC3C(C2)C3OC(=O)C=C)c(C(F)(F)F)c1C(F)(F)F. The van der Waals surface area contributed by atoms with Crippen molar-refractivity contribution in [2.24, 2.45) is 11.8 Å². The van der Waals surface area contributed by atoms with Crippen LogP contribution in [0.25, 0.3) is 0 Å². The topological polar surface area (TPSA) is 61.8 Å². The third kappa shape index (κ3) is 7.07. The fourth-order valence-corrected chi connectivity index (χ4v) is 5.01. The van der Waals surface area contributed by atoms with Crippen LogP contribution in [-0.2, 0) is 31.4 Å². The molecular formula is C26H28F6O5. The van der Waals surface area contributed by atoms with Crippen LogP contribution in [-0.4, -0.2) is 31.3 Å². The molecule has 1 aromatic rings. The molecule has 2 fully saturated rings. The zero-order valence-corrected chi connectivity index (χ0v) is 20.0. The molecule has 2 aliphatic carbocycles. The van der Waals surface area contributed by atoms with Crippen molar-refractivity contribution in [2.45, 2.75) is 62.9 Å². The van der Waals surface area contributed by atoms with Gasteiger partial charge in [-0.25, -0.2) is 9.59 Å². The molecule has 2 atom stereocenters. The molecule has 1 aromatic carbocycles. The van der Waals surface area contributed by atoms with Gasteiger partial charge in [-0.3, -0.25) is 0 Å². The molecule has 2 unspecified atom stereocenters. The van der Waals surface area contributed by atoms with E-state index >= 15 is 0 Å². The van der Waals surface area contributed by atoms with Crippen LogP contribution < -0.4 is 4.74 Å². The van der Waals surface area contributed by atoms with Gasteiger partial charge in [0.15, 0.2) is 0 Å². The molecular weight excluding hydrogens is 506 g/mol. The van der Waals surface area contributed by atoms with Gasteiger partial charge in [-0.2, -0.15) is 26.3 Å². The highest BCUT2D eigenvalue weighted by Crippen LogP contribution is 2.61. The first kappa shape index (κ1) is 28.6. The van der Waals surface area contributed by atoms with Crippen LogP contribution in [0.1, 0.15) is 61.1 Å². The summed E-state index contributed by atoms with van der Waals surface area (Å²) in [5.74, 6) is -3.15. The van der Waals surface area contributed by atoms with Gasteiger partial charge in [-0.15, -0.1) is 0 Å². The van der Waals surface area contributed by atoms with E-state index in [1.54, 1.807) is 0 Å². The number of carbonyl (C=O) groups is 2. The van der Waals surface area contributed by atoms with Gasteiger partial charge in [0.1, 0.15) is 17.4 Å². The summed E-state index contributed by atoms with van der Waals surface area (Å²) in [7, 11) is 0. The van der Waals surface area contributed by atoms with Crippen LogP contribution in [0, 0.1) is 11.8 Å². The standard InChI is InChI=1S/C26H28F6O5/c1-3-20(33)36-12-8-6-5-7-11-35-19-10-9-16(22(25(27,28)29)23(19)26(30,31)32)15-13-17-18(14-15)24(17)37-21(34)4-2/h3-4,9-10,15,17-18,24H,1-2,5-8,11-14H2. The zero-order valence-electron chi connectivity index (χ0n) is 20.0. The van der Waals surface area contributed by atoms with Crippen molar-refractivity contribution in [1.29, 1.82) is 0 Å². The molecule has 0 aliphatic heterocycles. The molecule has 2 saturated carbocycles. The molecule has 0 saturated heterocycles. The maximum atomic E-state index is 14.0. The smallest absolute Gasteiger partial charge is 0.420 e. The minimum absolute atomic E-state index is 0.167. The molecule has 0 N–H and O–H groups in total. The van der Waals surface area contributed by atoms with Crippen molar-refractivity contribution in [3.05, 3.63) is 54.1 Å². The lowest BCUT2D eigenvalue weighted by Crippen LogP contribution is -2.22. The maximum absolute atomic E-state index is 14.0. The first-order valence-corrected chi connectivity index (χ1v) is 11.9. The molecule has 5 nitrogen and oxygen atoms in total. The van der Waals surface area contributed by atoms with E-state index in [-0.39, 0.29) is 37.9 Å². The normalized spacial score (nSPS) is 22.6.